The van der Waals surface area contributed by atoms with E-state index in [-0.39, 0.29) is 0 Å². The lowest BCUT2D eigenvalue weighted by Gasteiger charge is -2.27. The molecule has 0 aliphatic rings. The first-order chi connectivity index (χ1) is 44.0. The third kappa shape index (κ3) is 13.3. The quantitative estimate of drug-likeness (QED) is 0.0889. The van der Waals surface area contributed by atoms with E-state index in [1.54, 1.807) is 18.2 Å². The summed E-state index contributed by atoms with van der Waals surface area (Å²) < 4.78 is 0. The molecule has 2 nitrogen and oxygen atoms in total. The van der Waals surface area contributed by atoms with Crippen LogP contribution in [0.4, 0.5) is 34.1 Å². The number of para-hydroxylation sites is 2. The van der Waals surface area contributed by atoms with E-state index in [2.05, 4.69) is 333 Å². The summed E-state index contributed by atoms with van der Waals surface area (Å²) >= 11 is 0. The zero-order valence-electron chi connectivity index (χ0n) is 51.8. The Hall–Kier alpha value is -11.1. The van der Waals surface area contributed by atoms with E-state index in [1.165, 1.54) is 98.4 Å². The number of nitrogens with zero attached hydrogens (tertiary/aromatic N) is 2. The second-order valence-corrected chi connectivity index (χ2v) is 20.9. The maximum Gasteiger partial charge on any atom is 0.0468 e. The van der Waals surface area contributed by atoms with Crippen molar-refractivity contribution in [2.75, 3.05) is 9.80 Å². The first-order valence-corrected chi connectivity index (χ1v) is 31.0. The largest absolute Gasteiger partial charge is 0.310 e. The molecule has 2 heteroatoms. The molecular formula is C87H76N2. The second kappa shape index (κ2) is 29.8. The topological polar surface area (TPSA) is 6.48 Å². The smallest absolute Gasteiger partial charge is 0.0468 e. The summed E-state index contributed by atoms with van der Waals surface area (Å²) in [5.41, 5.74) is 16.2. The van der Waals surface area contributed by atoms with Gasteiger partial charge in [0.25, 0.3) is 0 Å². The highest BCUT2D eigenvalue weighted by molar-refractivity contribution is 6.39. The third-order valence-electron chi connectivity index (χ3n) is 15.7. The van der Waals surface area contributed by atoms with Gasteiger partial charge in [0.15, 0.2) is 0 Å². The number of rotatable bonds is 12. The summed E-state index contributed by atoms with van der Waals surface area (Å²) in [7, 11) is 0. The van der Waals surface area contributed by atoms with E-state index < -0.39 is 0 Å². The normalized spacial score (nSPS) is 10.6. The van der Waals surface area contributed by atoms with E-state index in [1.807, 2.05) is 46.8 Å². The maximum absolute atomic E-state index is 3.46. The molecule has 0 saturated carbocycles. The Kier molecular flexibility index (Phi) is 20.5. The number of allylic oxidation sites excluding steroid dienone is 5. The molecule has 434 valence electrons. The number of anilines is 6. The van der Waals surface area contributed by atoms with Gasteiger partial charge in [-0.3, -0.25) is 0 Å². The van der Waals surface area contributed by atoms with Crippen LogP contribution in [0.15, 0.2) is 353 Å². The van der Waals surface area contributed by atoms with E-state index in [4.69, 9.17) is 0 Å². The summed E-state index contributed by atoms with van der Waals surface area (Å²) in [5, 5.41) is 12.4. The molecule has 14 aromatic rings. The molecule has 0 saturated heterocycles. The van der Waals surface area contributed by atoms with Crippen LogP contribution in [-0.2, 0) is 0 Å². The summed E-state index contributed by atoms with van der Waals surface area (Å²) in [6.45, 7) is 20.1. The first-order valence-electron chi connectivity index (χ1n) is 31.0. The van der Waals surface area contributed by atoms with Crippen LogP contribution in [0.2, 0.25) is 0 Å². The Labute approximate surface area is 527 Å². The van der Waals surface area contributed by atoms with Gasteiger partial charge in [0.05, 0.1) is 0 Å². The van der Waals surface area contributed by atoms with Crippen LogP contribution in [0.25, 0.3) is 98.4 Å². The van der Waals surface area contributed by atoms with Crippen molar-refractivity contribution in [2.24, 2.45) is 0 Å². The van der Waals surface area contributed by atoms with Crippen molar-refractivity contribution in [1.82, 2.24) is 0 Å². The molecule has 89 heavy (non-hydrogen) atoms. The van der Waals surface area contributed by atoms with E-state index in [0.29, 0.717) is 0 Å². The van der Waals surface area contributed by atoms with Gasteiger partial charge in [0, 0.05) is 34.1 Å². The molecule has 0 bridgehead atoms. The zero-order valence-corrected chi connectivity index (χ0v) is 51.8. The molecule has 14 rings (SSSR count). The van der Waals surface area contributed by atoms with Crippen LogP contribution < -0.4 is 9.80 Å². The van der Waals surface area contributed by atoms with E-state index >= 15 is 0 Å². The molecular weight excluding hydrogens is 1070 g/mol. The van der Waals surface area contributed by atoms with Gasteiger partial charge in [-0.1, -0.05) is 308 Å². The highest BCUT2D eigenvalue weighted by atomic mass is 15.1. The molecule has 0 N–H and O–H groups in total. The summed E-state index contributed by atoms with van der Waals surface area (Å²) in [6.07, 6.45) is 8.85. The lowest BCUT2D eigenvalue weighted by Crippen LogP contribution is -2.10. The molecule has 0 radical (unpaired) electrons. The predicted molar refractivity (Wildman–Crippen MR) is 393 cm³/mol. The highest BCUT2D eigenvalue weighted by Crippen LogP contribution is 2.48. The van der Waals surface area contributed by atoms with Crippen molar-refractivity contribution in [3.05, 3.63) is 353 Å². The van der Waals surface area contributed by atoms with Crippen LogP contribution in [0.3, 0.4) is 0 Å². The molecule has 0 fully saturated rings. The Balaban J connectivity index is 0.000000619. The van der Waals surface area contributed by atoms with E-state index in [0.717, 1.165) is 34.1 Å². The van der Waals surface area contributed by atoms with Gasteiger partial charge in [-0.25, -0.2) is 0 Å². The van der Waals surface area contributed by atoms with Crippen molar-refractivity contribution in [3.63, 3.8) is 0 Å². The van der Waals surface area contributed by atoms with Crippen molar-refractivity contribution < 1.29 is 0 Å². The van der Waals surface area contributed by atoms with Gasteiger partial charge in [-0.05, 0) is 178 Å². The number of fused-ring (bicyclic) bond motifs is 11. The second-order valence-electron chi connectivity index (χ2n) is 20.9. The molecule has 14 aromatic carbocycles. The zero-order chi connectivity index (χ0) is 61.9. The molecule has 0 atom stereocenters. The van der Waals surface area contributed by atoms with E-state index in [9.17, 15) is 0 Å². The molecule has 0 aromatic heterocycles. The van der Waals surface area contributed by atoms with Crippen molar-refractivity contribution in [3.8, 4) is 44.5 Å². The Morgan fingerprint density at radius 2 is 0.461 bits per heavy atom. The van der Waals surface area contributed by atoms with Crippen LogP contribution in [0.5, 0.6) is 0 Å². The fraction of sp³-hybridized carbons (Fsp3) is 0.0575. The first kappa shape index (κ1) is 61.0. The fourth-order valence-corrected chi connectivity index (χ4v) is 11.7. The van der Waals surface area contributed by atoms with Crippen LogP contribution in [-0.4, -0.2) is 0 Å². The third-order valence-corrected chi connectivity index (χ3v) is 15.7. The molecule has 0 amide bonds. The fourth-order valence-electron chi connectivity index (χ4n) is 11.7. The number of benzene rings is 14. The molecule has 0 spiro atoms. The SMILES string of the molecule is C=C/C=C\C.C=CC=C.CC.CC.c1ccc(-c2ccc(-c3ccc(N(c4ccccc4)c4ccc5c(c4)c4ccccc4c4c6ccc(N(c7ccccc7)c7ccc(-c8ccc(-c9ccccc9)cc8)cc7)cc6c6ccccc6c54)cc3)cc2)cc1. The summed E-state index contributed by atoms with van der Waals surface area (Å²) in [4.78, 5) is 4.77. The minimum absolute atomic E-state index is 1.10. The summed E-state index contributed by atoms with van der Waals surface area (Å²) in [6, 6.07) is 111. The molecule has 0 heterocycles. The number of hydrogen-bond acceptors (Lipinski definition) is 2. The van der Waals surface area contributed by atoms with Gasteiger partial charge in [0.2, 0.25) is 0 Å². The lowest BCUT2D eigenvalue weighted by atomic mass is 9.87. The number of hydrogen-bond donors (Lipinski definition) is 0. The minimum atomic E-state index is 1.10. The molecule has 0 aliphatic heterocycles. The lowest BCUT2D eigenvalue weighted by molar-refractivity contribution is 1.29. The molecule has 0 unspecified atom stereocenters. The Bertz CT molecular complexity index is 4350. The maximum atomic E-state index is 3.46. The molecule has 0 aliphatic carbocycles. The van der Waals surface area contributed by atoms with Crippen molar-refractivity contribution in [1.29, 1.82) is 0 Å². The van der Waals surface area contributed by atoms with Gasteiger partial charge in [-0.15, -0.1) is 0 Å². The van der Waals surface area contributed by atoms with Gasteiger partial charge < -0.3 is 9.80 Å². The van der Waals surface area contributed by atoms with Crippen LogP contribution in [0.1, 0.15) is 34.6 Å². The Morgan fingerprint density at radius 3 is 0.742 bits per heavy atom. The average molecular weight is 1150 g/mol. The monoisotopic (exact) mass is 1150 g/mol. The van der Waals surface area contributed by atoms with Gasteiger partial charge in [0.1, 0.15) is 0 Å². The average Bonchev–Trinajstić information content (AvgIpc) is 0.876. The van der Waals surface area contributed by atoms with Crippen molar-refractivity contribution in [2.45, 2.75) is 34.6 Å². The standard InChI is InChI=1S/C74H50N2.C5H8.C4H6.2C2H6/c1-5-17-51(18-6-1)53-29-33-55(34-30-53)57-37-41-61(42-38-57)75(59-21-9-3-10-22-59)63-45-47-69-71(49-63)65-25-13-15-27-67(65)74-70-48-46-64(50-72(70)66-26-14-16-28-68(66)73(69)74)76(60-23-11-4-12-24-60)62-43-39-58(40-44-62)56-35-31-54(32-36-56)52-19-7-2-8-20-52;1-3-5-4-2;1-3-4-2;2*1-2/h1-50H;3-5H,1H2,2H3;3-4H,1-2H2;2*1-2H3/b;5-4-;;;. The van der Waals surface area contributed by atoms with Gasteiger partial charge in [-0.2, -0.15) is 0 Å². The highest BCUT2D eigenvalue weighted by Gasteiger charge is 2.21. The van der Waals surface area contributed by atoms with Crippen molar-refractivity contribution >= 4 is 88.0 Å². The minimum Gasteiger partial charge on any atom is -0.310 e. The predicted octanol–water partition coefficient (Wildman–Crippen LogP) is 26.2. The van der Waals surface area contributed by atoms with Crippen LogP contribution in [0, 0.1) is 0 Å². The Morgan fingerprint density at radius 1 is 0.225 bits per heavy atom. The summed E-state index contributed by atoms with van der Waals surface area (Å²) in [5.74, 6) is 0. The van der Waals surface area contributed by atoms with Gasteiger partial charge >= 0.3 is 0 Å². The van der Waals surface area contributed by atoms with Crippen LogP contribution >= 0.6 is 0 Å².